The molecule has 92 valence electrons. The van der Waals surface area contributed by atoms with Crippen molar-refractivity contribution in [3.8, 4) is 0 Å². The fourth-order valence-corrected chi connectivity index (χ4v) is 1.40. The van der Waals surface area contributed by atoms with Crippen LogP contribution in [-0.2, 0) is 13.6 Å². The first-order chi connectivity index (χ1) is 7.61. The van der Waals surface area contributed by atoms with Gasteiger partial charge in [0.25, 0.3) is 0 Å². The normalized spacial score (nSPS) is 11.6. The first kappa shape index (κ1) is 13.1. The van der Waals surface area contributed by atoms with Crippen molar-refractivity contribution < 1.29 is 0 Å². The Hall–Kier alpha value is -0.940. The van der Waals surface area contributed by atoms with Crippen LogP contribution >= 0.6 is 0 Å². The summed E-state index contributed by atoms with van der Waals surface area (Å²) in [5.74, 6) is 0. The van der Waals surface area contributed by atoms with Crippen LogP contribution in [-0.4, -0.2) is 46.1 Å². The van der Waals surface area contributed by atoms with Gasteiger partial charge in [-0.15, -0.1) is 5.10 Å². The molecule has 1 heterocycles. The zero-order valence-electron chi connectivity index (χ0n) is 10.8. The number of nitrogens with one attached hydrogen (secondary N) is 1. The summed E-state index contributed by atoms with van der Waals surface area (Å²) in [7, 11) is 4.08. The summed E-state index contributed by atoms with van der Waals surface area (Å²) in [6, 6.07) is 0.626. The number of hydrogen-bond donors (Lipinski definition) is 1. The van der Waals surface area contributed by atoms with E-state index in [0.29, 0.717) is 6.04 Å². The highest BCUT2D eigenvalue weighted by molar-refractivity contribution is 4.91. The molecule has 0 aliphatic carbocycles. The largest absolute Gasteiger partial charge is 0.311 e. The van der Waals surface area contributed by atoms with Crippen molar-refractivity contribution >= 4 is 0 Å². The van der Waals surface area contributed by atoms with Gasteiger partial charge in [-0.1, -0.05) is 5.21 Å². The van der Waals surface area contributed by atoms with Crippen molar-refractivity contribution in [3.05, 3.63) is 11.9 Å². The van der Waals surface area contributed by atoms with E-state index >= 15 is 0 Å². The molecule has 0 bridgehead atoms. The number of hydrogen-bond acceptors (Lipinski definition) is 4. The maximum atomic E-state index is 3.89. The molecular formula is C11H23N5. The van der Waals surface area contributed by atoms with Crippen molar-refractivity contribution in [3.63, 3.8) is 0 Å². The third-order valence-electron chi connectivity index (χ3n) is 2.86. The maximum Gasteiger partial charge on any atom is 0.0738 e. The lowest BCUT2D eigenvalue weighted by molar-refractivity contribution is 0.269. The molecule has 0 spiro atoms. The van der Waals surface area contributed by atoms with Crippen LogP contribution in [0.25, 0.3) is 0 Å². The molecule has 0 aliphatic rings. The molecule has 0 unspecified atom stereocenters. The second-order valence-electron chi connectivity index (χ2n) is 4.45. The third-order valence-corrected chi connectivity index (χ3v) is 2.86. The van der Waals surface area contributed by atoms with Gasteiger partial charge in [0.05, 0.1) is 11.9 Å². The van der Waals surface area contributed by atoms with E-state index in [4.69, 9.17) is 0 Å². The Morgan fingerprint density at radius 1 is 1.50 bits per heavy atom. The summed E-state index contributed by atoms with van der Waals surface area (Å²) in [5, 5.41) is 11.1. The molecule has 5 heteroatoms. The Balaban J connectivity index is 2.07. The average Bonchev–Trinajstić information content (AvgIpc) is 2.63. The molecule has 0 fully saturated rings. The standard InChI is InChI=1S/C11H23N5/c1-10(2)15(3)7-5-6-12-8-11-9-13-14-16(11)4/h9-10,12H,5-8H2,1-4H3. The Labute approximate surface area is 97.8 Å². The van der Waals surface area contributed by atoms with Crippen LogP contribution in [0.3, 0.4) is 0 Å². The second kappa shape index (κ2) is 6.60. The highest BCUT2D eigenvalue weighted by Crippen LogP contribution is 1.95. The molecule has 0 saturated carbocycles. The molecule has 1 aromatic heterocycles. The van der Waals surface area contributed by atoms with Crippen molar-refractivity contribution in [1.29, 1.82) is 0 Å². The minimum absolute atomic E-state index is 0.626. The Kier molecular flexibility index (Phi) is 5.42. The topological polar surface area (TPSA) is 46.0 Å². The van der Waals surface area contributed by atoms with E-state index in [0.717, 1.165) is 25.3 Å². The molecule has 0 radical (unpaired) electrons. The van der Waals surface area contributed by atoms with Gasteiger partial charge in [-0.05, 0) is 40.4 Å². The van der Waals surface area contributed by atoms with Crippen LogP contribution in [0.15, 0.2) is 6.20 Å². The van der Waals surface area contributed by atoms with Crippen molar-refractivity contribution in [2.75, 3.05) is 20.1 Å². The van der Waals surface area contributed by atoms with Crippen LogP contribution in [0.1, 0.15) is 26.0 Å². The lowest BCUT2D eigenvalue weighted by Crippen LogP contribution is -2.29. The molecule has 1 N–H and O–H groups in total. The number of aryl methyl sites for hydroxylation is 1. The predicted octanol–water partition coefficient (Wildman–Crippen LogP) is 0.635. The van der Waals surface area contributed by atoms with Gasteiger partial charge in [0.1, 0.15) is 0 Å². The lowest BCUT2D eigenvalue weighted by atomic mass is 10.3. The number of aromatic nitrogens is 3. The zero-order valence-corrected chi connectivity index (χ0v) is 10.8. The van der Waals surface area contributed by atoms with E-state index in [1.807, 2.05) is 7.05 Å². The summed E-state index contributed by atoms with van der Waals surface area (Å²) < 4.78 is 1.80. The molecule has 0 aliphatic heterocycles. The summed E-state index contributed by atoms with van der Waals surface area (Å²) in [6.45, 7) is 7.44. The molecule has 5 nitrogen and oxygen atoms in total. The van der Waals surface area contributed by atoms with Gasteiger partial charge in [0.15, 0.2) is 0 Å². The summed E-state index contributed by atoms with van der Waals surface area (Å²) >= 11 is 0. The van der Waals surface area contributed by atoms with Crippen molar-refractivity contribution in [1.82, 2.24) is 25.2 Å². The van der Waals surface area contributed by atoms with Crippen LogP contribution in [0.2, 0.25) is 0 Å². The molecule has 1 aromatic rings. The molecule has 0 aromatic carbocycles. The minimum Gasteiger partial charge on any atom is -0.311 e. The first-order valence-electron chi connectivity index (χ1n) is 5.85. The smallest absolute Gasteiger partial charge is 0.0738 e. The summed E-state index contributed by atoms with van der Waals surface area (Å²) in [5.41, 5.74) is 1.12. The highest BCUT2D eigenvalue weighted by atomic mass is 15.4. The third kappa shape index (κ3) is 4.28. The van der Waals surface area contributed by atoms with Crippen LogP contribution in [0, 0.1) is 0 Å². The zero-order chi connectivity index (χ0) is 12.0. The Morgan fingerprint density at radius 3 is 2.81 bits per heavy atom. The molecule has 16 heavy (non-hydrogen) atoms. The average molecular weight is 225 g/mol. The molecule has 0 amide bonds. The minimum atomic E-state index is 0.626. The van der Waals surface area contributed by atoms with E-state index in [2.05, 4.69) is 41.4 Å². The van der Waals surface area contributed by atoms with Gasteiger partial charge >= 0.3 is 0 Å². The quantitative estimate of drug-likeness (QED) is 0.692. The Morgan fingerprint density at radius 2 is 2.25 bits per heavy atom. The van der Waals surface area contributed by atoms with Crippen LogP contribution in [0.4, 0.5) is 0 Å². The van der Waals surface area contributed by atoms with Crippen molar-refractivity contribution in [2.45, 2.75) is 32.9 Å². The van der Waals surface area contributed by atoms with E-state index < -0.39 is 0 Å². The monoisotopic (exact) mass is 225 g/mol. The van der Waals surface area contributed by atoms with Gasteiger partial charge in [0.2, 0.25) is 0 Å². The number of rotatable bonds is 7. The van der Waals surface area contributed by atoms with Crippen LogP contribution < -0.4 is 5.32 Å². The molecular weight excluding hydrogens is 202 g/mol. The molecule has 0 saturated heterocycles. The molecule has 0 atom stereocenters. The predicted molar refractivity (Wildman–Crippen MR) is 65.1 cm³/mol. The first-order valence-corrected chi connectivity index (χ1v) is 5.85. The number of nitrogens with zero attached hydrogens (tertiary/aromatic N) is 4. The van der Waals surface area contributed by atoms with Gasteiger partial charge < -0.3 is 10.2 Å². The van der Waals surface area contributed by atoms with Gasteiger partial charge in [-0.25, -0.2) is 0 Å². The highest BCUT2D eigenvalue weighted by Gasteiger charge is 2.02. The van der Waals surface area contributed by atoms with E-state index in [9.17, 15) is 0 Å². The second-order valence-corrected chi connectivity index (χ2v) is 4.45. The Bertz CT molecular complexity index is 294. The summed E-state index contributed by atoms with van der Waals surface area (Å²) in [6.07, 6.45) is 2.97. The fourth-order valence-electron chi connectivity index (χ4n) is 1.40. The van der Waals surface area contributed by atoms with Crippen LogP contribution in [0.5, 0.6) is 0 Å². The van der Waals surface area contributed by atoms with Gasteiger partial charge in [-0.3, -0.25) is 4.68 Å². The van der Waals surface area contributed by atoms with E-state index in [1.54, 1.807) is 10.9 Å². The maximum absolute atomic E-state index is 3.89. The fraction of sp³-hybridized carbons (Fsp3) is 0.818. The SMILES string of the molecule is CC(C)N(C)CCCNCc1cnnn1C. The lowest BCUT2D eigenvalue weighted by Gasteiger charge is -2.20. The van der Waals surface area contributed by atoms with Crippen molar-refractivity contribution in [2.24, 2.45) is 7.05 Å². The van der Waals surface area contributed by atoms with E-state index in [-0.39, 0.29) is 0 Å². The summed E-state index contributed by atoms with van der Waals surface area (Å²) in [4.78, 5) is 2.35. The van der Waals surface area contributed by atoms with E-state index in [1.165, 1.54) is 6.42 Å². The van der Waals surface area contributed by atoms with Gasteiger partial charge in [-0.2, -0.15) is 0 Å². The van der Waals surface area contributed by atoms with Gasteiger partial charge in [0, 0.05) is 19.6 Å². The molecule has 1 rings (SSSR count).